The van der Waals surface area contributed by atoms with E-state index in [9.17, 15) is 0 Å². The average molecular weight is 211 g/mol. The summed E-state index contributed by atoms with van der Waals surface area (Å²) in [5.41, 5.74) is -0.334. The monoisotopic (exact) mass is 211 g/mol. The Morgan fingerprint density at radius 1 is 1.33 bits per heavy atom. The van der Waals surface area contributed by atoms with Gasteiger partial charge < -0.3 is 4.90 Å². The number of hydrogen-bond acceptors (Lipinski definition) is 3. The van der Waals surface area contributed by atoms with E-state index >= 15 is 0 Å². The minimum Gasteiger partial charge on any atom is -0.307 e. The van der Waals surface area contributed by atoms with Crippen LogP contribution in [0.5, 0.6) is 0 Å². The van der Waals surface area contributed by atoms with Gasteiger partial charge in [-0.25, -0.2) is 0 Å². The van der Waals surface area contributed by atoms with Gasteiger partial charge >= 0.3 is 0 Å². The van der Waals surface area contributed by atoms with E-state index in [-0.39, 0.29) is 5.54 Å². The molecule has 0 fully saturated rings. The molecule has 0 heterocycles. The molecular formula is C12H25N3. The summed E-state index contributed by atoms with van der Waals surface area (Å²) in [5.74, 6) is 0. The molecule has 0 bridgehead atoms. The van der Waals surface area contributed by atoms with Crippen LogP contribution in [0.4, 0.5) is 0 Å². The molecule has 1 N–H and O–H groups in total. The van der Waals surface area contributed by atoms with E-state index in [1.54, 1.807) is 0 Å². The number of rotatable bonds is 8. The van der Waals surface area contributed by atoms with E-state index in [0.717, 1.165) is 32.5 Å². The molecular weight excluding hydrogens is 186 g/mol. The molecule has 3 nitrogen and oxygen atoms in total. The number of hydrogen-bond donors (Lipinski definition) is 1. The topological polar surface area (TPSA) is 39.1 Å². The molecule has 0 spiro atoms. The second kappa shape index (κ2) is 7.67. The molecule has 0 aliphatic heterocycles. The summed E-state index contributed by atoms with van der Waals surface area (Å²) in [6, 6.07) is 2.36. The van der Waals surface area contributed by atoms with Crippen molar-refractivity contribution in [3.05, 3.63) is 0 Å². The van der Waals surface area contributed by atoms with Crippen molar-refractivity contribution in [2.75, 3.05) is 26.7 Å². The van der Waals surface area contributed by atoms with Crippen molar-refractivity contribution in [3.63, 3.8) is 0 Å². The van der Waals surface area contributed by atoms with Crippen LogP contribution in [0.15, 0.2) is 0 Å². The van der Waals surface area contributed by atoms with Gasteiger partial charge in [0, 0.05) is 0 Å². The van der Waals surface area contributed by atoms with Gasteiger partial charge in [-0.15, -0.1) is 0 Å². The molecule has 0 radical (unpaired) electrons. The van der Waals surface area contributed by atoms with Gasteiger partial charge in [-0.1, -0.05) is 13.8 Å². The van der Waals surface area contributed by atoms with Crippen LogP contribution in [0, 0.1) is 11.3 Å². The van der Waals surface area contributed by atoms with Gasteiger partial charge in [0.25, 0.3) is 0 Å². The van der Waals surface area contributed by atoms with E-state index in [0.29, 0.717) is 0 Å². The van der Waals surface area contributed by atoms with Crippen molar-refractivity contribution in [1.29, 1.82) is 5.26 Å². The molecule has 0 aliphatic rings. The number of nitrogens with zero attached hydrogens (tertiary/aromatic N) is 2. The van der Waals surface area contributed by atoms with E-state index in [2.05, 4.69) is 30.3 Å². The first kappa shape index (κ1) is 14.4. The Morgan fingerprint density at radius 3 is 2.47 bits per heavy atom. The molecule has 0 amide bonds. The lowest BCUT2D eigenvalue weighted by atomic mass is 9.96. The zero-order valence-electron chi connectivity index (χ0n) is 10.6. The molecule has 88 valence electrons. The first-order chi connectivity index (χ1) is 7.08. The maximum atomic E-state index is 9.05. The zero-order valence-corrected chi connectivity index (χ0v) is 10.6. The van der Waals surface area contributed by atoms with Crippen molar-refractivity contribution < 1.29 is 0 Å². The summed E-state index contributed by atoms with van der Waals surface area (Å²) in [6.07, 6.45) is 3.23. The normalized spacial score (nSPS) is 14.9. The number of nitriles is 1. The highest BCUT2D eigenvalue weighted by Crippen LogP contribution is 2.12. The molecule has 0 aliphatic carbocycles. The fourth-order valence-electron chi connectivity index (χ4n) is 1.59. The standard InChI is InChI=1S/C12H25N3/c1-5-14-12(3,11-13)9-7-8-10-15(4)6-2/h14H,5-10H2,1-4H3. The van der Waals surface area contributed by atoms with E-state index in [1.165, 1.54) is 6.42 Å². The fourth-order valence-corrected chi connectivity index (χ4v) is 1.59. The molecule has 3 heteroatoms. The van der Waals surface area contributed by atoms with Crippen LogP contribution >= 0.6 is 0 Å². The molecule has 1 unspecified atom stereocenters. The molecule has 1 atom stereocenters. The molecule has 0 saturated carbocycles. The van der Waals surface area contributed by atoms with Gasteiger partial charge in [0.2, 0.25) is 0 Å². The Hall–Kier alpha value is -0.590. The third-order valence-electron chi connectivity index (χ3n) is 2.82. The summed E-state index contributed by atoms with van der Waals surface area (Å²) in [7, 11) is 2.13. The zero-order chi connectivity index (χ0) is 11.7. The Labute approximate surface area is 94.5 Å². The Morgan fingerprint density at radius 2 is 2.00 bits per heavy atom. The lowest BCUT2D eigenvalue weighted by Crippen LogP contribution is -2.40. The highest BCUT2D eigenvalue weighted by molar-refractivity contribution is 5.03. The summed E-state index contributed by atoms with van der Waals surface area (Å²) in [5, 5.41) is 12.3. The third-order valence-corrected chi connectivity index (χ3v) is 2.82. The summed E-state index contributed by atoms with van der Waals surface area (Å²) in [6.45, 7) is 9.28. The van der Waals surface area contributed by atoms with Crippen LogP contribution < -0.4 is 5.32 Å². The van der Waals surface area contributed by atoms with Crippen LogP contribution in [0.2, 0.25) is 0 Å². The second-order valence-corrected chi connectivity index (χ2v) is 4.33. The molecule has 0 saturated heterocycles. The predicted molar refractivity (Wildman–Crippen MR) is 64.7 cm³/mol. The Balaban J connectivity index is 3.69. The fraction of sp³-hybridized carbons (Fsp3) is 0.917. The van der Waals surface area contributed by atoms with Gasteiger partial charge in [0.15, 0.2) is 0 Å². The van der Waals surface area contributed by atoms with Crippen LogP contribution in [-0.2, 0) is 0 Å². The van der Waals surface area contributed by atoms with Gasteiger partial charge in [-0.3, -0.25) is 5.32 Å². The van der Waals surface area contributed by atoms with Gasteiger partial charge in [0.05, 0.1) is 6.07 Å². The molecule has 0 aromatic heterocycles. The van der Waals surface area contributed by atoms with Gasteiger partial charge in [0.1, 0.15) is 5.54 Å². The SMILES string of the molecule is CCNC(C)(C#N)CCCCN(C)CC. The van der Waals surface area contributed by atoms with Crippen molar-refractivity contribution in [3.8, 4) is 6.07 Å². The Kier molecular flexibility index (Phi) is 7.37. The van der Waals surface area contributed by atoms with Crippen molar-refractivity contribution in [2.45, 2.75) is 45.6 Å². The van der Waals surface area contributed by atoms with Crippen LogP contribution in [0.1, 0.15) is 40.0 Å². The minimum atomic E-state index is -0.334. The quantitative estimate of drug-likeness (QED) is 0.624. The smallest absolute Gasteiger partial charge is 0.103 e. The Bertz CT molecular complexity index is 198. The highest BCUT2D eigenvalue weighted by Gasteiger charge is 2.20. The maximum absolute atomic E-state index is 9.05. The largest absolute Gasteiger partial charge is 0.307 e. The first-order valence-electron chi connectivity index (χ1n) is 5.92. The summed E-state index contributed by atoms with van der Waals surface area (Å²) < 4.78 is 0. The first-order valence-corrected chi connectivity index (χ1v) is 5.92. The number of unbranched alkanes of at least 4 members (excludes halogenated alkanes) is 1. The van der Waals surface area contributed by atoms with Crippen molar-refractivity contribution in [1.82, 2.24) is 10.2 Å². The summed E-state index contributed by atoms with van der Waals surface area (Å²) in [4.78, 5) is 2.30. The maximum Gasteiger partial charge on any atom is 0.103 e. The average Bonchev–Trinajstić information content (AvgIpc) is 2.24. The highest BCUT2D eigenvalue weighted by atomic mass is 15.1. The molecule has 0 rings (SSSR count). The van der Waals surface area contributed by atoms with Gasteiger partial charge in [-0.2, -0.15) is 5.26 Å². The van der Waals surface area contributed by atoms with E-state index in [1.807, 2.05) is 13.8 Å². The third kappa shape index (κ3) is 6.48. The predicted octanol–water partition coefficient (Wildman–Crippen LogP) is 2.00. The van der Waals surface area contributed by atoms with Crippen LogP contribution in [0.25, 0.3) is 0 Å². The van der Waals surface area contributed by atoms with Gasteiger partial charge in [-0.05, 0) is 52.9 Å². The second-order valence-electron chi connectivity index (χ2n) is 4.33. The molecule has 0 aromatic rings. The molecule has 0 aromatic carbocycles. The van der Waals surface area contributed by atoms with Crippen molar-refractivity contribution >= 4 is 0 Å². The van der Waals surface area contributed by atoms with E-state index < -0.39 is 0 Å². The van der Waals surface area contributed by atoms with Crippen LogP contribution in [0.3, 0.4) is 0 Å². The van der Waals surface area contributed by atoms with E-state index in [4.69, 9.17) is 5.26 Å². The van der Waals surface area contributed by atoms with Crippen LogP contribution in [-0.4, -0.2) is 37.1 Å². The van der Waals surface area contributed by atoms with Crippen molar-refractivity contribution in [2.24, 2.45) is 0 Å². The summed E-state index contributed by atoms with van der Waals surface area (Å²) >= 11 is 0. The molecule has 15 heavy (non-hydrogen) atoms. The number of nitrogens with one attached hydrogen (secondary N) is 1. The lowest BCUT2D eigenvalue weighted by molar-refractivity contribution is 0.328. The lowest BCUT2D eigenvalue weighted by Gasteiger charge is -2.22. The minimum absolute atomic E-state index is 0.334.